The van der Waals surface area contributed by atoms with E-state index >= 15 is 0 Å². The highest BCUT2D eigenvalue weighted by Crippen LogP contribution is 2.18. The number of hydrogen-bond donors (Lipinski definition) is 0. The number of nitrogens with zero attached hydrogens (tertiary/aromatic N) is 2. The van der Waals surface area contributed by atoms with Crippen LogP contribution in [0.4, 0.5) is 0 Å². The van der Waals surface area contributed by atoms with Crippen LogP contribution < -0.4 is 0 Å². The molecule has 0 saturated carbocycles. The van der Waals surface area contributed by atoms with Gasteiger partial charge in [-0.2, -0.15) is 5.26 Å². The predicted molar refractivity (Wildman–Crippen MR) is 66.3 cm³/mol. The second-order valence-electron chi connectivity index (χ2n) is 3.78. The zero-order valence-electron chi connectivity index (χ0n) is 8.94. The summed E-state index contributed by atoms with van der Waals surface area (Å²) in [5.41, 5.74) is 4.51. The summed E-state index contributed by atoms with van der Waals surface area (Å²) in [7, 11) is 0. The lowest BCUT2D eigenvalue weighted by molar-refractivity contribution is 0.821. The number of benzene rings is 1. The lowest BCUT2D eigenvalue weighted by atomic mass is 10.2. The average molecular weight is 231 g/mol. The standard InChI is InChI=1S/C13H11ClN2/c1-10(7-14)9-16-5-4-12-6-11(8-15)2-3-13(12)16/h2-7H,9H2,1H3/b10-7-. The Morgan fingerprint density at radius 2 is 2.31 bits per heavy atom. The summed E-state index contributed by atoms with van der Waals surface area (Å²) in [6, 6.07) is 9.84. The van der Waals surface area contributed by atoms with Crippen LogP contribution >= 0.6 is 11.6 Å². The van der Waals surface area contributed by atoms with Gasteiger partial charge in [-0.15, -0.1) is 0 Å². The Bertz CT molecular complexity index is 587. The van der Waals surface area contributed by atoms with Gasteiger partial charge in [0.2, 0.25) is 0 Å². The van der Waals surface area contributed by atoms with Crippen LogP contribution in [0.25, 0.3) is 10.9 Å². The van der Waals surface area contributed by atoms with Crippen LogP contribution in [-0.4, -0.2) is 4.57 Å². The fourth-order valence-electron chi connectivity index (χ4n) is 1.71. The fraction of sp³-hybridized carbons (Fsp3) is 0.154. The maximum absolute atomic E-state index is 8.80. The van der Waals surface area contributed by atoms with Gasteiger partial charge in [-0.05, 0) is 36.8 Å². The average Bonchev–Trinajstić information content (AvgIpc) is 2.71. The molecule has 0 bridgehead atoms. The first-order valence-electron chi connectivity index (χ1n) is 4.99. The smallest absolute Gasteiger partial charge is 0.0991 e. The van der Waals surface area contributed by atoms with Gasteiger partial charge >= 0.3 is 0 Å². The maximum Gasteiger partial charge on any atom is 0.0991 e. The van der Waals surface area contributed by atoms with Gasteiger partial charge in [-0.1, -0.05) is 11.6 Å². The van der Waals surface area contributed by atoms with Crippen molar-refractivity contribution in [3.05, 3.63) is 47.1 Å². The van der Waals surface area contributed by atoms with E-state index in [0.29, 0.717) is 5.56 Å². The molecule has 0 amide bonds. The second-order valence-corrected chi connectivity index (χ2v) is 4.00. The van der Waals surface area contributed by atoms with Gasteiger partial charge in [-0.3, -0.25) is 0 Å². The normalized spacial score (nSPS) is 11.7. The summed E-state index contributed by atoms with van der Waals surface area (Å²) in [6.07, 6.45) is 2.01. The number of allylic oxidation sites excluding steroid dienone is 1. The maximum atomic E-state index is 8.80. The number of aromatic nitrogens is 1. The summed E-state index contributed by atoms with van der Waals surface area (Å²) in [6.45, 7) is 2.77. The molecule has 0 spiro atoms. The Kier molecular flexibility index (Phi) is 2.98. The van der Waals surface area contributed by atoms with Crippen molar-refractivity contribution in [3.8, 4) is 6.07 Å². The van der Waals surface area contributed by atoms with Crippen molar-refractivity contribution in [2.45, 2.75) is 13.5 Å². The quantitative estimate of drug-likeness (QED) is 0.774. The molecule has 16 heavy (non-hydrogen) atoms. The molecule has 1 aromatic carbocycles. The summed E-state index contributed by atoms with van der Waals surface area (Å²) in [5, 5.41) is 9.89. The van der Waals surface area contributed by atoms with Crippen molar-refractivity contribution < 1.29 is 0 Å². The minimum Gasteiger partial charge on any atom is -0.343 e. The molecular weight excluding hydrogens is 220 g/mol. The third kappa shape index (κ3) is 1.95. The Morgan fingerprint density at radius 1 is 1.50 bits per heavy atom. The molecule has 0 unspecified atom stereocenters. The number of nitriles is 1. The molecule has 0 aliphatic carbocycles. The molecule has 3 heteroatoms. The van der Waals surface area contributed by atoms with Crippen LogP contribution in [0.1, 0.15) is 12.5 Å². The van der Waals surface area contributed by atoms with E-state index in [-0.39, 0.29) is 0 Å². The monoisotopic (exact) mass is 230 g/mol. The SMILES string of the molecule is C/C(=C/Cl)Cn1ccc2cc(C#N)ccc21. The van der Waals surface area contributed by atoms with Crippen LogP contribution in [-0.2, 0) is 6.54 Å². The van der Waals surface area contributed by atoms with Gasteiger partial charge in [0, 0.05) is 29.2 Å². The van der Waals surface area contributed by atoms with E-state index in [4.69, 9.17) is 16.9 Å². The Balaban J connectivity index is 2.46. The Labute approximate surface area is 99.4 Å². The van der Waals surface area contributed by atoms with Crippen molar-refractivity contribution in [3.63, 3.8) is 0 Å². The third-order valence-electron chi connectivity index (χ3n) is 2.51. The van der Waals surface area contributed by atoms with Gasteiger partial charge in [0.1, 0.15) is 0 Å². The molecule has 1 heterocycles. The van der Waals surface area contributed by atoms with Crippen LogP contribution in [0.3, 0.4) is 0 Å². The summed E-state index contributed by atoms with van der Waals surface area (Å²) in [4.78, 5) is 0. The van der Waals surface area contributed by atoms with E-state index in [9.17, 15) is 0 Å². The third-order valence-corrected chi connectivity index (χ3v) is 2.88. The van der Waals surface area contributed by atoms with Crippen LogP contribution in [0.5, 0.6) is 0 Å². The molecule has 0 radical (unpaired) electrons. The van der Waals surface area contributed by atoms with Gasteiger partial charge in [-0.25, -0.2) is 0 Å². The van der Waals surface area contributed by atoms with E-state index in [1.165, 1.54) is 0 Å². The van der Waals surface area contributed by atoms with Gasteiger partial charge in [0.05, 0.1) is 11.6 Å². The van der Waals surface area contributed by atoms with Crippen LogP contribution in [0.15, 0.2) is 41.6 Å². The van der Waals surface area contributed by atoms with E-state index in [1.54, 1.807) is 5.54 Å². The molecule has 80 valence electrons. The number of halogens is 1. The van der Waals surface area contributed by atoms with Crippen LogP contribution in [0, 0.1) is 11.3 Å². The molecule has 2 nitrogen and oxygen atoms in total. The lowest BCUT2D eigenvalue weighted by Gasteiger charge is -2.04. The molecular formula is C13H11ClN2. The van der Waals surface area contributed by atoms with Crippen molar-refractivity contribution in [2.75, 3.05) is 0 Å². The van der Waals surface area contributed by atoms with E-state index in [0.717, 1.165) is 23.0 Å². The molecule has 0 saturated heterocycles. The molecule has 0 fully saturated rings. The Hall–Kier alpha value is -1.72. The zero-order chi connectivity index (χ0) is 11.5. The second kappa shape index (κ2) is 4.42. The number of rotatable bonds is 2. The van der Waals surface area contributed by atoms with E-state index in [2.05, 4.69) is 10.6 Å². The first-order valence-corrected chi connectivity index (χ1v) is 5.43. The molecule has 0 aliphatic heterocycles. The molecule has 0 atom stereocenters. The van der Waals surface area contributed by atoms with Crippen molar-refractivity contribution in [1.82, 2.24) is 4.57 Å². The molecule has 1 aromatic heterocycles. The van der Waals surface area contributed by atoms with Crippen LogP contribution in [0.2, 0.25) is 0 Å². The van der Waals surface area contributed by atoms with E-state index < -0.39 is 0 Å². The van der Waals surface area contributed by atoms with Gasteiger partial charge < -0.3 is 4.57 Å². The summed E-state index contributed by atoms with van der Waals surface area (Å²) < 4.78 is 2.12. The minimum absolute atomic E-state index is 0.690. The Morgan fingerprint density at radius 3 is 3.00 bits per heavy atom. The molecule has 2 aromatic rings. The summed E-state index contributed by atoms with van der Waals surface area (Å²) >= 11 is 5.65. The van der Waals surface area contributed by atoms with Crippen molar-refractivity contribution in [2.24, 2.45) is 0 Å². The van der Waals surface area contributed by atoms with Gasteiger partial charge in [0.15, 0.2) is 0 Å². The fourth-order valence-corrected chi connectivity index (χ4v) is 1.78. The van der Waals surface area contributed by atoms with E-state index in [1.807, 2.05) is 37.4 Å². The highest BCUT2D eigenvalue weighted by atomic mass is 35.5. The summed E-state index contributed by atoms with van der Waals surface area (Å²) in [5.74, 6) is 0. The first kappa shape index (κ1) is 10.8. The van der Waals surface area contributed by atoms with Crippen molar-refractivity contribution >= 4 is 22.5 Å². The predicted octanol–water partition coefficient (Wildman–Crippen LogP) is 3.66. The largest absolute Gasteiger partial charge is 0.343 e. The van der Waals surface area contributed by atoms with Gasteiger partial charge in [0.25, 0.3) is 0 Å². The lowest BCUT2D eigenvalue weighted by Crippen LogP contribution is -1.96. The first-order chi connectivity index (χ1) is 7.74. The molecule has 0 N–H and O–H groups in total. The topological polar surface area (TPSA) is 28.7 Å². The highest BCUT2D eigenvalue weighted by molar-refractivity contribution is 6.25. The number of fused-ring (bicyclic) bond motifs is 1. The number of hydrogen-bond acceptors (Lipinski definition) is 1. The highest BCUT2D eigenvalue weighted by Gasteiger charge is 2.02. The molecule has 0 aliphatic rings. The molecule has 2 rings (SSSR count). The zero-order valence-corrected chi connectivity index (χ0v) is 9.70. The van der Waals surface area contributed by atoms with Crippen molar-refractivity contribution in [1.29, 1.82) is 5.26 Å². The minimum atomic E-state index is 0.690.